The second-order valence-corrected chi connectivity index (χ2v) is 4.50. The molecule has 2 aromatic rings. The lowest BCUT2D eigenvalue weighted by Gasteiger charge is -2.04. The molecule has 0 unspecified atom stereocenters. The molecule has 0 atom stereocenters. The van der Waals surface area contributed by atoms with Crippen LogP contribution in [0.25, 0.3) is 11.1 Å². The summed E-state index contributed by atoms with van der Waals surface area (Å²) < 4.78 is 17.9. The van der Waals surface area contributed by atoms with E-state index in [0.29, 0.717) is 10.4 Å². The van der Waals surface area contributed by atoms with E-state index in [1.54, 1.807) is 12.1 Å². The number of thiophene rings is 1. The number of carbonyl (C=O) groups is 1. The van der Waals surface area contributed by atoms with Gasteiger partial charge in [0.1, 0.15) is 10.7 Å². The van der Waals surface area contributed by atoms with E-state index in [0.717, 1.165) is 11.1 Å². The van der Waals surface area contributed by atoms with Crippen molar-refractivity contribution in [3.63, 3.8) is 0 Å². The Morgan fingerprint density at radius 2 is 2.18 bits per heavy atom. The van der Waals surface area contributed by atoms with Crippen molar-refractivity contribution < 1.29 is 13.9 Å². The van der Waals surface area contributed by atoms with Crippen molar-refractivity contribution in [2.45, 2.75) is 6.92 Å². The van der Waals surface area contributed by atoms with E-state index in [1.165, 1.54) is 30.6 Å². The predicted octanol–water partition coefficient (Wildman–Crippen LogP) is 3.65. The van der Waals surface area contributed by atoms with Gasteiger partial charge in [0.05, 0.1) is 7.11 Å². The number of carbonyl (C=O) groups excluding carboxylic acids is 1. The minimum Gasteiger partial charge on any atom is -0.465 e. The molecule has 0 radical (unpaired) electrons. The summed E-state index contributed by atoms with van der Waals surface area (Å²) in [7, 11) is 1.34. The van der Waals surface area contributed by atoms with Gasteiger partial charge >= 0.3 is 5.97 Å². The summed E-state index contributed by atoms with van der Waals surface area (Å²) in [6.45, 7) is 1.89. The van der Waals surface area contributed by atoms with Crippen LogP contribution in [-0.2, 0) is 4.74 Å². The van der Waals surface area contributed by atoms with Gasteiger partial charge in [-0.15, -0.1) is 11.3 Å². The quantitative estimate of drug-likeness (QED) is 0.760. The third-order valence-corrected chi connectivity index (χ3v) is 3.54. The molecule has 0 amide bonds. The van der Waals surface area contributed by atoms with Gasteiger partial charge in [0.2, 0.25) is 0 Å². The largest absolute Gasteiger partial charge is 0.465 e. The Balaban J connectivity index is 2.58. The van der Waals surface area contributed by atoms with Crippen molar-refractivity contribution in [1.29, 1.82) is 0 Å². The van der Waals surface area contributed by atoms with Crippen molar-refractivity contribution in [1.82, 2.24) is 0 Å². The fraction of sp³-hybridized carbons (Fsp3) is 0.154. The van der Waals surface area contributed by atoms with Crippen LogP contribution < -0.4 is 0 Å². The highest BCUT2D eigenvalue weighted by Crippen LogP contribution is 2.33. The highest BCUT2D eigenvalue weighted by atomic mass is 32.1. The molecule has 17 heavy (non-hydrogen) atoms. The maximum atomic E-state index is 13.2. The van der Waals surface area contributed by atoms with E-state index in [1.807, 2.05) is 12.3 Å². The summed E-state index contributed by atoms with van der Waals surface area (Å²) in [6.07, 6.45) is 0. The number of hydrogen-bond acceptors (Lipinski definition) is 3. The zero-order valence-electron chi connectivity index (χ0n) is 9.49. The zero-order chi connectivity index (χ0) is 12.4. The Morgan fingerprint density at radius 3 is 2.82 bits per heavy atom. The van der Waals surface area contributed by atoms with Gasteiger partial charge in [-0.1, -0.05) is 12.1 Å². The molecule has 0 aliphatic heterocycles. The Bertz CT molecular complexity index is 560. The first-order chi connectivity index (χ1) is 8.13. The molecule has 0 aliphatic carbocycles. The lowest BCUT2D eigenvalue weighted by molar-refractivity contribution is 0.0607. The summed E-state index contributed by atoms with van der Waals surface area (Å²) >= 11 is 1.31. The third-order valence-electron chi connectivity index (χ3n) is 2.46. The number of ether oxygens (including phenoxy) is 1. The van der Waals surface area contributed by atoms with Crippen LogP contribution in [0.15, 0.2) is 29.6 Å². The average molecular weight is 250 g/mol. The molecule has 2 nitrogen and oxygen atoms in total. The van der Waals surface area contributed by atoms with Crippen molar-refractivity contribution in [3.05, 3.63) is 45.9 Å². The summed E-state index contributed by atoms with van der Waals surface area (Å²) in [6, 6.07) is 6.21. The zero-order valence-corrected chi connectivity index (χ0v) is 10.3. The highest BCUT2D eigenvalue weighted by Gasteiger charge is 2.18. The second kappa shape index (κ2) is 4.67. The van der Waals surface area contributed by atoms with Crippen LogP contribution >= 0.6 is 11.3 Å². The first-order valence-electron chi connectivity index (χ1n) is 5.06. The number of methoxy groups -OCH3 is 1. The smallest absolute Gasteiger partial charge is 0.348 e. The fourth-order valence-electron chi connectivity index (χ4n) is 1.69. The molecule has 0 saturated heterocycles. The molecule has 88 valence electrons. The van der Waals surface area contributed by atoms with Crippen molar-refractivity contribution in [3.8, 4) is 11.1 Å². The molecular formula is C13H11FO2S. The fourth-order valence-corrected chi connectivity index (χ4v) is 2.68. The van der Waals surface area contributed by atoms with Crippen LogP contribution in [-0.4, -0.2) is 13.1 Å². The Morgan fingerprint density at radius 1 is 1.41 bits per heavy atom. The van der Waals surface area contributed by atoms with Crippen molar-refractivity contribution >= 4 is 17.3 Å². The van der Waals surface area contributed by atoms with Crippen LogP contribution in [0.5, 0.6) is 0 Å². The van der Waals surface area contributed by atoms with Gasteiger partial charge in [-0.3, -0.25) is 0 Å². The number of hydrogen-bond donors (Lipinski definition) is 0. The first-order valence-corrected chi connectivity index (χ1v) is 5.94. The van der Waals surface area contributed by atoms with Gasteiger partial charge in [-0.05, 0) is 35.6 Å². The number of rotatable bonds is 2. The molecule has 0 saturated carbocycles. The molecule has 1 heterocycles. The topological polar surface area (TPSA) is 26.3 Å². The molecule has 1 aromatic heterocycles. The predicted molar refractivity (Wildman–Crippen MR) is 65.8 cm³/mol. The number of halogens is 1. The number of benzene rings is 1. The van der Waals surface area contributed by atoms with Crippen LogP contribution in [0.4, 0.5) is 4.39 Å². The lowest BCUT2D eigenvalue weighted by Crippen LogP contribution is -2.00. The third kappa shape index (κ3) is 2.22. The molecule has 4 heteroatoms. The van der Waals surface area contributed by atoms with Crippen molar-refractivity contribution in [2.75, 3.05) is 7.11 Å². The van der Waals surface area contributed by atoms with Gasteiger partial charge < -0.3 is 4.74 Å². The molecular weight excluding hydrogens is 239 g/mol. The summed E-state index contributed by atoms with van der Waals surface area (Å²) in [5.74, 6) is -0.703. The van der Waals surface area contributed by atoms with Gasteiger partial charge in [0.15, 0.2) is 0 Å². The van der Waals surface area contributed by atoms with Crippen LogP contribution in [0, 0.1) is 12.7 Å². The molecule has 0 fully saturated rings. The SMILES string of the molecule is COC(=O)c1scc(C)c1-c1cccc(F)c1. The maximum absolute atomic E-state index is 13.2. The van der Waals surface area contributed by atoms with Crippen LogP contribution in [0.2, 0.25) is 0 Å². The summed E-state index contributed by atoms with van der Waals surface area (Å²) in [5.41, 5.74) is 2.39. The number of aryl methyl sites for hydroxylation is 1. The Labute approximate surface area is 103 Å². The van der Waals surface area contributed by atoms with Crippen LogP contribution in [0.3, 0.4) is 0 Å². The normalized spacial score (nSPS) is 10.3. The van der Waals surface area contributed by atoms with Gasteiger partial charge in [-0.25, -0.2) is 9.18 Å². The Kier molecular flexibility index (Phi) is 3.24. The molecule has 0 N–H and O–H groups in total. The summed E-state index contributed by atoms with van der Waals surface area (Å²) in [5, 5.41) is 1.87. The van der Waals surface area contributed by atoms with E-state index in [4.69, 9.17) is 4.74 Å². The van der Waals surface area contributed by atoms with Crippen molar-refractivity contribution in [2.24, 2.45) is 0 Å². The summed E-state index contributed by atoms with van der Waals surface area (Å²) in [4.78, 5) is 12.1. The van der Waals surface area contributed by atoms with E-state index in [2.05, 4.69) is 0 Å². The molecule has 0 bridgehead atoms. The first kappa shape index (κ1) is 11.8. The van der Waals surface area contributed by atoms with E-state index in [9.17, 15) is 9.18 Å². The van der Waals surface area contributed by atoms with Crippen LogP contribution in [0.1, 0.15) is 15.2 Å². The van der Waals surface area contributed by atoms with Gasteiger partial charge in [0.25, 0.3) is 0 Å². The van der Waals surface area contributed by atoms with Gasteiger partial charge in [0, 0.05) is 5.56 Å². The lowest BCUT2D eigenvalue weighted by atomic mass is 10.0. The molecule has 2 rings (SSSR count). The van der Waals surface area contributed by atoms with E-state index in [-0.39, 0.29) is 11.8 Å². The number of esters is 1. The van der Waals surface area contributed by atoms with E-state index >= 15 is 0 Å². The minimum atomic E-state index is -0.387. The van der Waals surface area contributed by atoms with Gasteiger partial charge in [-0.2, -0.15) is 0 Å². The molecule has 0 spiro atoms. The Hall–Kier alpha value is -1.68. The minimum absolute atomic E-state index is 0.316. The standard InChI is InChI=1S/C13H11FO2S/c1-8-7-17-12(13(15)16-2)11(8)9-4-3-5-10(14)6-9/h3-7H,1-2H3. The second-order valence-electron chi connectivity index (χ2n) is 3.62. The monoisotopic (exact) mass is 250 g/mol. The average Bonchev–Trinajstić information content (AvgIpc) is 2.70. The highest BCUT2D eigenvalue weighted by molar-refractivity contribution is 7.12. The van der Waals surface area contributed by atoms with E-state index < -0.39 is 0 Å². The molecule has 1 aromatic carbocycles. The maximum Gasteiger partial charge on any atom is 0.348 e. The molecule has 0 aliphatic rings.